The summed E-state index contributed by atoms with van der Waals surface area (Å²) in [5.41, 5.74) is 7.62. The molecule has 4 amide bonds. The van der Waals surface area contributed by atoms with Crippen molar-refractivity contribution in [2.45, 2.75) is 12.8 Å². The minimum Gasteiger partial charge on any atom is -0.386 e. The third-order valence-corrected chi connectivity index (χ3v) is 4.50. The third-order valence-electron chi connectivity index (χ3n) is 4.50. The van der Waals surface area contributed by atoms with Gasteiger partial charge < -0.3 is 26.1 Å². The fourth-order valence-corrected chi connectivity index (χ4v) is 2.88. The summed E-state index contributed by atoms with van der Waals surface area (Å²) in [6.45, 7) is 0.817. The zero-order valence-corrected chi connectivity index (χ0v) is 16.3. The normalized spacial score (nSPS) is 13.3. The second-order valence-corrected chi connectivity index (χ2v) is 6.70. The van der Waals surface area contributed by atoms with Gasteiger partial charge in [0, 0.05) is 42.9 Å². The Balaban J connectivity index is 1.38. The van der Waals surface area contributed by atoms with Crippen LogP contribution < -0.4 is 16.4 Å². The summed E-state index contributed by atoms with van der Waals surface area (Å²) in [6, 6.07) is 15.4. The number of oxime groups is 1. The summed E-state index contributed by atoms with van der Waals surface area (Å²) < 4.78 is 0. The monoisotopic (exact) mass is 409 g/mol. The summed E-state index contributed by atoms with van der Waals surface area (Å²) in [7, 11) is 0. The van der Waals surface area contributed by atoms with Crippen molar-refractivity contribution in [3.8, 4) is 0 Å². The van der Waals surface area contributed by atoms with E-state index in [1.807, 2.05) is 30.3 Å². The van der Waals surface area contributed by atoms with Crippen molar-refractivity contribution in [2.24, 2.45) is 10.9 Å². The lowest BCUT2D eigenvalue weighted by atomic mass is 10.1. The number of nitrogens with two attached hydrogens (primary N) is 1. The number of carbonyl (C=O) groups is 3. The highest BCUT2D eigenvalue weighted by atomic mass is 16.6. The van der Waals surface area contributed by atoms with E-state index in [0.29, 0.717) is 37.2 Å². The number of nitrogens with one attached hydrogen (secondary N) is 2. The second-order valence-electron chi connectivity index (χ2n) is 6.70. The minimum atomic E-state index is -0.532. The molecule has 0 aliphatic carbocycles. The zero-order chi connectivity index (χ0) is 21.3. The van der Waals surface area contributed by atoms with E-state index < -0.39 is 5.91 Å². The van der Waals surface area contributed by atoms with E-state index in [-0.39, 0.29) is 18.5 Å². The molecule has 1 heterocycles. The number of benzene rings is 2. The van der Waals surface area contributed by atoms with Gasteiger partial charge in [-0.3, -0.25) is 9.59 Å². The van der Waals surface area contributed by atoms with Gasteiger partial charge in [0.2, 0.25) is 5.91 Å². The first kappa shape index (κ1) is 20.8. The number of urea groups is 1. The van der Waals surface area contributed by atoms with Crippen molar-refractivity contribution in [3.05, 3.63) is 60.2 Å². The molecule has 156 valence electrons. The third kappa shape index (κ3) is 6.06. The van der Waals surface area contributed by atoms with Crippen LogP contribution in [0, 0.1) is 0 Å². The quantitative estimate of drug-likeness (QED) is 0.633. The van der Waals surface area contributed by atoms with Gasteiger partial charge in [-0.15, -0.1) is 0 Å². The number of rotatable bonds is 6. The van der Waals surface area contributed by atoms with Gasteiger partial charge in [-0.2, -0.15) is 0 Å². The fourth-order valence-electron chi connectivity index (χ4n) is 2.88. The number of nitrogens with zero attached hydrogens (tertiary/aromatic N) is 2. The van der Waals surface area contributed by atoms with Crippen LogP contribution in [0.4, 0.5) is 16.2 Å². The summed E-state index contributed by atoms with van der Waals surface area (Å²) in [5.74, 6) is -0.901. The maximum Gasteiger partial charge on any atom is 0.321 e. The number of piperidine rings is 1. The Bertz CT molecular complexity index is 918. The summed E-state index contributed by atoms with van der Waals surface area (Å²) >= 11 is 0. The Morgan fingerprint density at radius 3 is 2.20 bits per heavy atom. The van der Waals surface area contributed by atoms with Crippen LogP contribution in [-0.2, 0) is 9.63 Å². The largest absolute Gasteiger partial charge is 0.386 e. The second kappa shape index (κ2) is 10.1. The molecule has 4 N–H and O–H groups in total. The molecule has 0 aromatic heterocycles. The van der Waals surface area contributed by atoms with Crippen LogP contribution in [0.3, 0.4) is 0 Å². The molecule has 2 aromatic carbocycles. The predicted molar refractivity (Wildman–Crippen MR) is 113 cm³/mol. The standard InChI is InChI=1S/C21H23N5O4/c22-20(28)15-6-8-17(9-7-15)23-19(27)14-30-25-18-10-12-26(13-11-18)21(29)24-16-4-2-1-3-5-16/h1-9H,10-14H2,(H2,22,28)(H,23,27)(H,24,29). The molecule has 9 nitrogen and oxygen atoms in total. The first-order valence-electron chi connectivity index (χ1n) is 9.49. The molecular formula is C21H23N5O4. The van der Waals surface area contributed by atoms with Crippen molar-refractivity contribution in [1.82, 2.24) is 4.90 Å². The number of anilines is 2. The Morgan fingerprint density at radius 2 is 1.57 bits per heavy atom. The van der Waals surface area contributed by atoms with Crippen LogP contribution in [0.5, 0.6) is 0 Å². The summed E-state index contributed by atoms with van der Waals surface area (Å²) in [4.78, 5) is 42.1. The molecule has 1 fully saturated rings. The molecule has 9 heteroatoms. The Hall–Kier alpha value is -3.88. The summed E-state index contributed by atoms with van der Waals surface area (Å²) in [6.07, 6.45) is 1.16. The van der Waals surface area contributed by atoms with Crippen LogP contribution in [0.1, 0.15) is 23.2 Å². The molecule has 1 saturated heterocycles. The van der Waals surface area contributed by atoms with E-state index in [1.165, 1.54) is 12.1 Å². The molecular weight excluding hydrogens is 386 g/mol. The molecule has 0 bridgehead atoms. The molecule has 2 aromatic rings. The first-order chi connectivity index (χ1) is 14.5. The number of hydrogen-bond donors (Lipinski definition) is 3. The molecule has 1 aliphatic rings. The van der Waals surface area contributed by atoms with Crippen molar-refractivity contribution in [1.29, 1.82) is 0 Å². The minimum absolute atomic E-state index is 0.150. The van der Waals surface area contributed by atoms with Crippen molar-refractivity contribution in [2.75, 3.05) is 30.3 Å². The predicted octanol–water partition coefficient (Wildman–Crippen LogP) is 2.42. The molecule has 0 unspecified atom stereocenters. The van der Waals surface area contributed by atoms with E-state index in [2.05, 4.69) is 15.8 Å². The van der Waals surface area contributed by atoms with E-state index in [0.717, 1.165) is 11.4 Å². The van der Waals surface area contributed by atoms with E-state index in [4.69, 9.17) is 10.6 Å². The Morgan fingerprint density at radius 1 is 0.933 bits per heavy atom. The van der Waals surface area contributed by atoms with E-state index in [9.17, 15) is 14.4 Å². The van der Waals surface area contributed by atoms with Crippen molar-refractivity contribution < 1.29 is 19.2 Å². The van der Waals surface area contributed by atoms with Crippen LogP contribution in [-0.4, -0.2) is 48.2 Å². The van der Waals surface area contributed by atoms with Crippen molar-refractivity contribution in [3.63, 3.8) is 0 Å². The van der Waals surface area contributed by atoms with Gasteiger partial charge >= 0.3 is 6.03 Å². The lowest BCUT2D eigenvalue weighted by Crippen LogP contribution is -2.41. The highest BCUT2D eigenvalue weighted by molar-refractivity contribution is 5.95. The van der Waals surface area contributed by atoms with Gasteiger partial charge in [-0.1, -0.05) is 23.4 Å². The topological polar surface area (TPSA) is 126 Å². The van der Waals surface area contributed by atoms with Crippen molar-refractivity contribution >= 4 is 34.9 Å². The maximum absolute atomic E-state index is 12.3. The van der Waals surface area contributed by atoms with Gasteiger partial charge in [0.1, 0.15) is 0 Å². The number of primary amides is 1. The average Bonchev–Trinajstić information content (AvgIpc) is 2.75. The lowest BCUT2D eigenvalue weighted by Gasteiger charge is -2.27. The van der Waals surface area contributed by atoms with Gasteiger partial charge in [0.15, 0.2) is 6.61 Å². The molecule has 1 aliphatic heterocycles. The van der Waals surface area contributed by atoms with Gasteiger partial charge in [0.25, 0.3) is 5.91 Å². The Labute approximate surface area is 173 Å². The van der Waals surface area contributed by atoms with E-state index in [1.54, 1.807) is 17.0 Å². The molecule has 0 atom stereocenters. The molecule has 30 heavy (non-hydrogen) atoms. The SMILES string of the molecule is NC(=O)c1ccc(NC(=O)CON=C2CCN(C(=O)Nc3ccccc3)CC2)cc1. The van der Waals surface area contributed by atoms with Crippen LogP contribution >= 0.6 is 0 Å². The maximum atomic E-state index is 12.3. The Kier molecular flexibility index (Phi) is 6.99. The zero-order valence-electron chi connectivity index (χ0n) is 16.3. The van der Waals surface area contributed by atoms with Gasteiger partial charge in [-0.25, -0.2) is 4.79 Å². The number of likely N-dealkylation sites (tertiary alicyclic amines) is 1. The van der Waals surface area contributed by atoms with Crippen LogP contribution in [0.15, 0.2) is 59.8 Å². The number of hydrogen-bond acceptors (Lipinski definition) is 5. The highest BCUT2D eigenvalue weighted by Crippen LogP contribution is 2.12. The van der Waals surface area contributed by atoms with Crippen LogP contribution in [0.25, 0.3) is 0 Å². The molecule has 0 radical (unpaired) electrons. The molecule has 3 rings (SSSR count). The van der Waals surface area contributed by atoms with Gasteiger partial charge in [0.05, 0.1) is 5.71 Å². The molecule has 0 saturated carbocycles. The van der Waals surface area contributed by atoms with Gasteiger partial charge in [-0.05, 0) is 36.4 Å². The highest BCUT2D eigenvalue weighted by Gasteiger charge is 2.20. The van der Waals surface area contributed by atoms with E-state index >= 15 is 0 Å². The lowest BCUT2D eigenvalue weighted by molar-refractivity contribution is -0.120. The first-order valence-corrected chi connectivity index (χ1v) is 9.49. The summed E-state index contributed by atoms with van der Waals surface area (Å²) in [5, 5.41) is 9.52. The van der Waals surface area contributed by atoms with Crippen LogP contribution in [0.2, 0.25) is 0 Å². The number of para-hydroxylation sites is 1. The smallest absolute Gasteiger partial charge is 0.321 e. The average molecular weight is 409 g/mol. The fraction of sp³-hybridized carbons (Fsp3) is 0.238. The number of carbonyl (C=O) groups excluding carboxylic acids is 3. The number of amides is 4. The molecule has 0 spiro atoms.